The first-order valence-corrected chi connectivity index (χ1v) is 7.92. The van der Waals surface area contributed by atoms with E-state index in [4.69, 9.17) is 0 Å². The molecule has 0 aromatic heterocycles. The second-order valence-corrected chi connectivity index (χ2v) is 6.42. The van der Waals surface area contributed by atoms with Crippen LogP contribution in [0.1, 0.15) is 64.2 Å². The summed E-state index contributed by atoms with van der Waals surface area (Å²) in [6.07, 6.45) is 13.2. The van der Waals surface area contributed by atoms with E-state index in [9.17, 15) is 4.79 Å². The van der Waals surface area contributed by atoms with Gasteiger partial charge in [0.25, 0.3) is 0 Å². The van der Waals surface area contributed by atoms with Crippen LogP contribution in [-0.4, -0.2) is 23.5 Å². The predicted molar refractivity (Wildman–Crippen MR) is 71.8 cm³/mol. The van der Waals surface area contributed by atoms with Crippen molar-refractivity contribution in [2.75, 3.05) is 6.54 Å². The summed E-state index contributed by atoms with van der Waals surface area (Å²) in [6, 6.07) is 0.622. The normalized spacial score (nSPS) is 32.7. The Balaban J connectivity index is 1.58. The highest BCUT2D eigenvalue weighted by molar-refractivity contribution is 5.80. The van der Waals surface area contributed by atoms with Gasteiger partial charge in [0.15, 0.2) is 0 Å². The molecule has 2 aliphatic carbocycles. The topological polar surface area (TPSA) is 32.3 Å². The maximum Gasteiger partial charge on any atom is 0.239 e. The van der Waals surface area contributed by atoms with Crippen LogP contribution in [0.25, 0.3) is 0 Å². The number of nitrogens with one attached hydrogen (secondary N) is 1. The zero-order valence-corrected chi connectivity index (χ0v) is 11.4. The fraction of sp³-hybridized carbons (Fsp3) is 0.933. The Labute approximate surface area is 110 Å². The first kappa shape index (κ1) is 12.5. The Hall–Kier alpha value is -0.570. The zero-order chi connectivity index (χ0) is 12.4. The first-order valence-electron chi connectivity index (χ1n) is 7.92. The van der Waals surface area contributed by atoms with Crippen molar-refractivity contribution in [2.24, 2.45) is 11.8 Å². The minimum absolute atomic E-state index is 0.284. The minimum Gasteiger partial charge on any atom is -0.288 e. The second-order valence-electron chi connectivity index (χ2n) is 6.42. The summed E-state index contributed by atoms with van der Waals surface area (Å²) in [5.74, 6) is 1.26. The largest absolute Gasteiger partial charge is 0.288 e. The van der Waals surface area contributed by atoms with E-state index in [-0.39, 0.29) is 5.92 Å². The highest BCUT2D eigenvalue weighted by Gasteiger charge is 2.39. The van der Waals surface area contributed by atoms with E-state index in [0.29, 0.717) is 17.9 Å². The molecule has 1 heterocycles. The lowest BCUT2D eigenvalue weighted by molar-refractivity contribution is -0.125. The molecular weight excluding hydrogens is 224 g/mol. The van der Waals surface area contributed by atoms with Crippen LogP contribution in [-0.2, 0) is 4.79 Å². The molecule has 1 saturated heterocycles. The smallest absolute Gasteiger partial charge is 0.239 e. The van der Waals surface area contributed by atoms with Gasteiger partial charge in [0.2, 0.25) is 5.91 Å². The molecule has 0 radical (unpaired) electrons. The van der Waals surface area contributed by atoms with Gasteiger partial charge in [-0.05, 0) is 31.6 Å². The molecule has 1 aliphatic heterocycles. The number of amides is 1. The van der Waals surface area contributed by atoms with Crippen molar-refractivity contribution in [3.05, 3.63) is 0 Å². The van der Waals surface area contributed by atoms with Crippen LogP contribution in [0.3, 0.4) is 0 Å². The van der Waals surface area contributed by atoms with Crippen LogP contribution in [0.4, 0.5) is 0 Å². The van der Waals surface area contributed by atoms with Gasteiger partial charge in [0.05, 0.1) is 5.92 Å². The SMILES string of the molecule is O=C1NN(C2CCCCC2)CC1C1CCCCC1. The van der Waals surface area contributed by atoms with Gasteiger partial charge in [-0.15, -0.1) is 0 Å². The Morgan fingerprint density at radius 2 is 1.50 bits per heavy atom. The molecule has 3 aliphatic rings. The molecule has 1 atom stereocenters. The second kappa shape index (κ2) is 5.60. The lowest BCUT2D eigenvalue weighted by Crippen LogP contribution is -2.42. The van der Waals surface area contributed by atoms with E-state index in [1.807, 2.05) is 0 Å². The number of hydrazine groups is 1. The molecule has 102 valence electrons. The Bertz CT molecular complexity index is 293. The third-order valence-electron chi connectivity index (χ3n) is 5.22. The Morgan fingerprint density at radius 3 is 2.17 bits per heavy atom. The average Bonchev–Trinajstić information content (AvgIpc) is 2.83. The van der Waals surface area contributed by atoms with Crippen LogP contribution in [0.15, 0.2) is 0 Å². The van der Waals surface area contributed by atoms with E-state index < -0.39 is 0 Å². The van der Waals surface area contributed by atoms with Crippen LogP contribution in [0.5, 0.6) is 0 Å². The molecule has 0 aromatic carbocycles. The van der Waals surface area contributed by atoms with Gasteiger partial charge in [0.1, 0.15) is 0 Å². The standard InChI is InChI=1S/C15H26N2O/c18-15-14(12-7-3-1-4-8-12)11-17(16-15)13-9-5-2-6-10-13/h12-14H,1-11H2,(H,16,18). The molecule has 18 heavy (non-hydrogen) atoms. The van der Waals surface area contributed by atoms with Gasteiger partial charge >= 0.3 is 0 Å². The molecule has 1 amide bonds. The van der Waals surface area contributed by atoms with Gasteiger partial charge < -0.3 is 0 Å². The molecule has 3 rings (SSSR count). The lowest BCUT2D eigenvalue weighted by Gasteiger charge is -2.31. The highest BCUT2D eigenvalue weighted by Crippen LogP contribution is 2.34. The number of carbonyl (C=O) groups excluding carboxylic acids is 1. The number of nitrogens with zero attached hydrogens (tertiary/aromatic N) is 1. The summed E-state index contributed by atoms with van der Waals surface area (Å²) in [5, 5.41) is 2.28. The molecule has 3 fully saturated rings. The van der Waals surface area contributed by atoms with Gasteiger partial charge in [-0.1, -0.05) is 38.5 Å². The minimum atomic E-state index is 0.284. The summed E-state index contributed by atoms with van der Waals surface area (Å²) in [7, 11) is 0. The maximum atomic E-state index is 12.2. The van der Waals surface area contributed by atoms with Crippen molar-refractivity contribution in [3.63, 3.8) is 0 Å². The summed E-state index contributed by atoms with van der Waals surface area (Å²) in [5.41, 5.74) is 3.17. The maximum absolute atomic E-state index is 12.2. The molecule has 0 bridgehead atoms. The lowest BCUT2D eigenvalue weighted by atomic mass is 9.80. The van der Waals surface area contributed by atoms with Gasteiger partial charge in [0, 0.05) is 12.6 Å². The molecule has 3 nitrogen and oxygen atoms in total. The highest BCUT2D eigenvalue weighted by atomic mass is 16.2. The van der Waals surface area contributed by atoms with Crippen molar-refractivity contribution < 1.29 is 4.79 Å². The predicted octanol–water partition coefficient (Wildman–Crippen LogP) is 2.86. The summed E-state index contributed by atoms with van der Waals surface area (Å²) >= 11 is 0. The zero-order valence-electron chi connectivity index (χ0n) is 11.4. The van der Waals surface area contributed by atoms with Gasteiger partial charge in [-0.2, -0.15) is 0 Å². The van der Waals surface area contributed by atoms with Crippen molar-refractivity contribution in [1.29, 1.82) is 0 Å². The average molecular weight is 250 g/mol. The quantitative estimate of drug-likeness (QED) is 0.817. The Kier molecular flexibility index (Phi) is 3.88. The molecule has 0 spiro atoms. The molecule has 0 aromatic rings. The van der Waals surface area contributed by atoms with Crippen LogP contribution in [0.2, 0.25) is 0 Å². The number of carbonyl (C=O) groups is 1. The fourth-order valence-electron chi connectivity index (χ4n) is 4.10. The number of hydrogen-bond donors (Lipinski definition) is 1. The van der Waals surface area contributed by atoms with E-state index in [1.54, 1.807) is 0 Å². The van der Waals surface area contributed by atoms with E-state index in [1.165, 1.54) is 64.2 Å². The van der Waals surface area contributed by atoms with Crippen LogP contribution in [0, 0.1) is 11.8 Å². The van der Waals surface area contributed by atoms with E-state index in [2.05, 4.69) is 10.4 Å². The van der Waals surface area contributed by atoms with E-state index >= 15 is 0 Å². The van der Waals surface area contributed by atoms with Crippen molar-refractivity contribution in [1.82, 2.24) is 10.4 Å². The summed E-state index contributed by atoms with van der Waals surface area (Å²) in [6.45, 7) is 0.980. The molecule has 1 N–H and O–H groups in total. The van der Waals surface area contributed by atoms with Crippen molar-refractivity contribution in [2.45, 2.75) is 70.3 Å². The first-order chi connectivity index (χ1) is 8.84. The fourth-order valence-corrected chi connectivity index (χ4v) is 4.10. The van der Waals surface area contributed by atoms with Gasteiger partial charge in [-0.3, -0.25) is 10.2 Å². The molecule has 1 unspecified atom stereocenters. The summed E-state index contributed by atoms with van der Waals surface area (Å²) in [4.78, 5) is 12.2. The van der Waals surface area contributed by atoms with Crippen LogP contribution < -0.4 is 5.43 Å². The number of hydrogen-bond acceptors (Lipinski definition) is 2. The third kappa shape index (κ3) is 2.56. The van der Waals surface area contributed by atoms with Crippen LogP contribution >= 0.6 is 0 Å². The molecule has 2 saturated carbocycles. The van der Waals surface area contributed by atoms with Crippen molar-refractivity contribution in [3.8, 4) is 0 Å². The molecular formula is C15H26N2O. The Morgan fingerprint density at radius 1 is 0.889 bits per heavy atom. The number of rotatable bonds is 2. The van der Waals surface area contributed by atoms with Crippen molar-refractivity contribution >= 4 is 5.91 Å². The molecule has 3 heteroatoms. The summed E-state index contributed by atoms with van der Waals surface area (Å²) < 4.78 is 0. The van der Waals surface area contributed by atoms with Gasteiger partial charge in [-0.25, -0.2) is 5.01 Å². The third-order valence-corrected chi connectivity index (χ3v) is 5.22. The monoisotopic (exact) mass is 250 g/mol. The van der Waals surface area contributed by atoms with E-state index in [0.717, 1.165) is 6.54 Å².